The number of likely N-dealkylation sites (tertiary alicyclic amines) is 1. The SMILES string of the molecule is CN1CCCC(NC(c2ccccc2)c2ccccc2)C1. The summed E-state index contributed by atoms with van der Waals surface area (Å²) in [6.45, 7) is 2.36. The average molecular weight is 280 g/mol. The first-order chi connectivity index (χ1) is 10.3. The monoisotopic (exact) mass is 280 g/mol. The molecular formula is C19H24N2. The molecular weight excluding hydrogens is 256 g/mol. The van der Waals surface area contributed by atoms with E-state index in [1.165, 1.54) is 30.5 Å². The van der Waals surface area contributed by atoms with Gasteiger partial charge in [-0.2, -0.15) is 0 Å². The number of rotatable bonds is 4. The molecule has 1 heterocycles. The van der Waals surface area contributed by atoms with Crippen molar-refractivity contribution in [1.29, 1.82) is 0 Å². The van der Waals surface area contributed by atoms with Crippen molar-refractivity contribution in [3.63, 3.8) is 0 Å². The Kier molecular flexibility index (Phi) is 4.69. The van der Waals surface area contributed by atoms with Crippen LogP contribution in [0.15, 0.2) is 60.7 Å². The molecule has 1 fully saturated rings. The fourth-order valence-electron chi connectivity index (χ4n) is 3.21. The first kappa shape index (κ1) is 14.3. The lowest BCUT2D eigenvalue weighted by atomic mass is 9.96. The molecule has 1 N–H and O–H groups in total. The molecule has 1 aliphatic heterocycles. The lowest BCUT2D eigenvalue weighted by molar-refractivity contribution is 0.221. The highest BCUT2D eigenvalue weighted by molar-refractivity contribution is 5.31. The molecule has 1 unspecified atom stereocenters. The molecule has 1 atom stereocenters. The number of nitrogens with zero attached hydrogens (tertiary/aromatic N) is 1. The van der Waals surface area contributed by atoms with Gasteiger partial charge in [-0.25, -0.2) is 0 Å². The van der Waals surface area contributed by atoms with Gasteiger partial charge in [0.2, 0.25) is 0 Å². The normalized spacial score (nSPS) is 19.8. The number of hydrogen-bond acceptors (Lipinski definition) is 2. The van der Waals surface area contributed by atoms with E-state index in [2.05, 4.69) is 77.9 Å². The van der Waals surface area contributed by atoms with Crippen molar-refractivity contribution in [2.24, 2.45) is 0 Å². The van der Waals surface area contributed by atoms with Gasteiger partial charge in [0.25, 0.3) is 0 Å². The topological polar surface area (TPSA) is 15.3 Å². The molecule has 0 saturated carbocycles. The van der Waals surface area contributed by atoms with Gasteiger partial charge in [0.1, 0.15) is 0 Å². The van der Waals surface area contributed by atoms with Crippen LogP contribution in [0.3, 0.4) is 0 Å². The molecule has 1 saturated heterocycles. The second-order valence-corrected chi connectivity index (χ2v) is 6.02. The summed E-state index contributed by atoms with van der Waals surface area (Å²) in [6.07, 6.45) is 2.55. The van der Waals surface area contributed by atoms with E-state index >= 15 is 0 Å². The van der Waals surface area contributed by atoms with E-state index in [0.717, 1.165) is 6.54 Å². The van der Waals surface area contributed by atoms with Crippen LogP contribution in [0.2, 0.25) is 0 Å². The molecule has 2 aromatic rings. The predicted molar refractivity (Wildman–Crippen MR) is 88.4 cm³/mol. The molecule has 0 aliphatic carbocycles. The maximum absolute atomic E-state index is 3.88. The number of likely N-dealkylation sites (N-methyl/N-ethyl adjacent to an activating group) is 1. The highest BCUT2D eigenvalue weighted by Crippen LogP contribution is 2.24. The van der Waals surface area contributed by atoms with Crippen molar-refractivity contribution < 1.29 is 0 Å². The van der Waals surface area contributed by atoms with Crippen molar-refractivity contribution in [3.05, 3.63) is 71.8 Å². The highest BCUT2D eigenvalue weighted by atomic mass is 15.1. The largest absolute Gasteiger partial charge is 0.305 e. The Labute approximate surface area is 127 Å². The van der Waals surface area contributed by atoms with E-state index in [9.17, 15) is 0 Å². The van der Waals surface area contributed by atoms with Gasteiger partial charge in [-0.05, 0) is 37.6 Å². The molecule has 0 bridgehead atoms. The van der Waals surface area contributed by atoms with Crippen molar-refractivity contribution in [2.45, 2.75) is 24.9 Å². The zero-order chi connectivity index (χ0) is 14.5. The summed E-state index contributed by atoms with van der Waals surface area (Å²) < 4.78 is 0. The van der Waals surface area contributed by atoms with Gasteiger partial charge >= 0.3 is 0 Å². The second kappa shape index (κ2) is 6.88. The van der Waals surface area contributed by atoms with Crippen LogP contribution >= 0.6 is 0 Å². The minimum Gasteiger partial charge on any atom is -0.305 e. The van der Waals surface area contributed by atoms with Crippen LogP contribution in [-0.4, -0.2) is 31.1 Å². The first-order valence-electron chi connectivity index (χ1n) is 7.87. The van der Waals surface area contributed by atoms with Crippen LogP contribution in [0.4, 0.5) is 0 Å². The number of nitrogens with one attached hydrogen (secondary N) is 1. The number of hydrogen-bond donors (Lipinski definition) is 1. The Morgan fingerprint density at radius 2 is 1.52 bits per heavy atom. The average Bonchev–Trinajstić information content (AvgIpc) is 2.54. The number of benzene rings is 2. The molecule has 2 aromatic carbocycles. The van der Waals surface area contributed by atoms with Gasteiger partial charge in [0, 0.05) is 12.6 Å². The molecule has 21 heavy (non-hydrogen) atoms. The third-order valence-corrected chi connectivity index (χ3v) is 4.29. The fraction of sp³-hybridized carbons (Fsp3) is 0.368. The van der Waals surface area contributed by atoms with Crippen LogP contribution in [0.5, 0.6) is 0 Å². The molecule has 2 nitrogen and oxygen atoms in total. The van der Waals surface area contributed by atoms with E-state index in [4.69, 9.17) is 0 Å². The minimum absolute atomic E-state index is 0.281. The summed E-state index contributed by atoms with van der Waals surface area (Å²) >= 11 is 0. The standard InChI is InChI=1S/C19H24N2/c1-21-14-8-13-18(15-21)20-19(16-9-4-2-5-10-16)17-11-6-3-7-12-17/h2-7,9-12,18-20H,8,13-15H2,1H3. The number of piperidine rings is 1. The highest BCUT2D eigenvalue weighted by Gasteiger charge is 2.22. The molecule has 0 spiro atoms. The lowest BCUT2D eigenvalue weighted by Crippen LogP contribution is -2.45. The van der Waals surface area contributed by atoms with Crippen LogP contribution in [0.25, 0.3) is 0 Å². The Morgan fingerprint density at radius 1 is 0.952 bits per heavy atom. The van der Waals surface area contributed by atoms with E-state index in [1.54, 1.807) is 0 Å². The summed E-state index contributed by atoms with van der Waals surface area (Å²) in [5.74, 6) is 0. The van der Waals surface area contributed by atoms with Crippen molar-refractivity contribution >= 4 is 0 Å². The van der Waals surface area contributed by atoms with E-state index in [0.29, 0.717) is 6.04 Å². The lowest BCUT2D eigenvalue weighted by Gasteiger charge is -2.33. The summed E-state index contributed by atoms with van der Waals surface area (Å²) in [7, 11) is 2.22. The van der Waals surface area contributed by atoms with Gasteiger partial charge in [-0.15, -0.1) is 0 Å². The molecule has 0 amide bonds. The van der Waals surface area contributed by atoms with E-state index in [1.807, 2.05) is 0 Å². The zero-order valence-electron chi connectivity index (χ0n) is 12.7. The van der Waals surface area contributed by atoms with Crippen molar-refractivity contribution in [3.8, 4) is 0 Å². The summed E-state index contributed by atoms with van der Waals surface area (Å²) in [5, 5.41) is 3.88. The molecule has 2 heteroatoms. The van der Waals surface area contributed by atoms with Gasteiger partial charge in [0.15, 0.2) is 0 Å². The first-order valence-corrected chi connectivity index (χ1v) is 7.87. The molecule has 1 aliphatic rings. The van der Waals surface area contributed by atoms with Crippen LogP contribution < -0.4 is 5.32 Å². The Balaban J connectivity index is 1.83. The molecule has 110 valence electrons. The summed E-state index contributed by atoms with van der Waals surface area (Å²) in [5.41, 5.74) is 2.69. The Morgan fingerprint density at radius 3 is 2.05 bits per heavy atom. The van der Waals surface area contributed by atoms with E-state index < -0.39 is 0 Å². The van der Waals surface area contributed by atoms with Gasteiger partial charge < -0.3 is 10.2 Å². The zero-order valence-corrected chi connectivity index (χ0v) is 12.7. The predicted octanol–water partition coefficient (Wildman–Crippen LogP) is 3.46. The van der Waals surface area contributed by atoms with Crippen LogP contribution in [0, 0.1) is 0 Å². The quantitative estimate of drug-likeness (QED) is 0.922. The summed E-state index contributed by atoms with van der Waals surface area (Å²) in [4.78, 5) is 2.42. The smallest absolute Gasteiger partial charge is 0.0579 e. The maximum atomic E-state index is 3.88. The van der Waals surface area contributed by atoms with Crippen LogP contribution in [-0.2, 0) is 0 Å². The van der Waals surface area contributed by atoms with Gasteiger partial charge in [0.05, 0.1) is 6.04 Å². The fourth-order valence-corrected chi connectivity index (χ4v) is 3.21. The molecule has 3 rings (SSSR count). The van der Waals surface area contributed by atoms with Gasteiger partial charge in [-0.1, -0.05) is 60.7 Å². The third kappa shape index (κ3) is 3.72. The van der Waals surface area contributed by atoms with Crippen LogP contribution in [0.1, 0.15) is 30.0 Å². The Bertz CT molecular complexity index is 499. The Hall–Kier alpha value is -1.64. The molecule has 0 aromatic heterocycles. The maximum Gasteiger partial charge on any atom is 0.0579 e. The third-order valence-electron chi connectivity index (χ3n) is 4.29. The van der Waals surface area contributed by atoms with Gasteiger partial charge in [-0.3, -0.25) is 0 Å². The van der Waals surface area contributed by atoms with Crippen molar-refractivity contribution in [1.82, 2.24) is 10.2 Å². The van der Waals surface area contributed by atoms with E-state index in [-0.39, 0.29) is 6.04 Å². The minimum atomic E-state index is 0.281. The second-order valence-electron chi connectivity index (χ2n) is 6.02. The molecule has 0 radical (unpaired) electrons. The van der Waals surface area contributed by atoms with Crippen molar-refractivity contribution in [2.75, 3.05) is 20.1 Å². The summed E-state index contributed by atoms with van der Waals surface area (Å²) in [6, 6.07) is 22.4.